The Morgan fingerprint density at radius 3 is 2.59 bits per heavy atom. The molecule has 2 N–H and O–H groups in total. The van der Waals surface area contributed by atoms with Crippen LogP contribution in [-0.4, -0.2) is 60.1 Å². The minimum Gasteiger partial charge on any atom is -0.495 e. The van der Waals surface area contributed by atoms with Crippen molar-refractivity contribution in [2.45, 2.75) is 6.42 Å². The first kappa shape index (κ1) is 21.6. The molecule has 1 aliphatic heterocycles. The zero-order valence-corrected chi connectivity index (χ0v) is 18.5. The van der Waals surface area contributed by atoms with E-state index in [9.17, 15) is 9.59 Å². The summed E-state index contributed by atoms with van der Waals surface area (Å²) in [4.78, 5) is 37.6. The summed E-state index contributed by atoms with van der Waals surface area (Å²) in [5.41, 5.74) is 1.20. The molecule has 0 unspecified atom stereocenters. The summed E-state index contributed by atoms with van der Waals surface area (Å²) in [7, 11) is 1.55. The number of thiazole rings is 1. The Balaban J connectivity index is 1.27. The molecule has 3 aromatic rings. The lowest BCUT2D eigenvalue weighted by atomic mass is 10.2. The number of nitrogens with zero attached hydrogens (tertiary/aromatic N) is 4. The fourth-order valence-electron chi connectivity index (χ4n) is 3.40. The van der Waals surface area contributed by atoms with Gasteiger partial charge in [-0.05, 0) is 24.3 Å². The van der Waals surface area contributed by atoms with Gasteiger partial charge in [0.15, 0.2) is 5.13 Å². The van der Waals surface area contributed by atoms with Crippen molar-refractivity contribution in [2.24, 2.45) is 0 Å². The van der Waals surface area contributed by atoms with E-state index in [0.29, 0.717) is 35.4 Å². The van der Waals surface area contributed by atoms with E-state index in [2.05, 4.69) is 25.5 Å². The lowest BCUT2D eigenvalue weighted by Crippen LogP contribution is -2.50. The predicted octanol–water partition coefficient (Wildman–Crippen LogP) is 3.08. The van der Waals surface area contributed by atoms with Gasteiger partial charge in [0, 0.05) is 37.8 Å². The summed E-state index contributed by atoms with van der Waals surface area (Å²) in [5, 5.41) is 7.91. The average molecular weight is 453 g/mol. The van der Waals surface area contributed by atoms with Crippen molar-refractivity contribution in [1.29, 1.82) is 0 Å². The first-order valence-corrected chi connectivity index (χ1v) is 11.1. The molecule has 1 aliphatic rings. The number of carbonyl (C=O) groups excluding carboxylic acids is 2. The van der Waals surface area contributed by atoms with Crippen molar-refractivity contribution < 1.29 is 14.3 Å². The van der Waals surface area contributed by atoms with E-state index in [0.717, 1.165) is 18.9 Å². The van der Waals surface area contributed by atoms with Crippen molar-refractivity contribution in [3.05, 3.63) is 59.7 Å². The Hall–Kier alpha value is -3.66. The largest absolute Gasteiger partial charge is 0.495 e. The topological polar surface area (TPSA) is 99.7 Å². The van der Waals surface area contributed by atoms with Gasteiger partial charge in [0.25, 0.3) is 0 Å². The van der Waals surface area contributed by atoms with E-state index in [1.54, 1.807) is 35.7 Å². The van der Waals surface area contributed by atoms with Crippen LogP contribution in [0.3, 0.4) is 0 Å². The zero-order valence-electron chi connectivity index (χ0n) is 17.7. The van der Waals surface area contributed by atoms with Crippen molar-refractivity contribution in [2.75, 3.05) is 48.8 Å². The number of nitrogens with one attached hydrogen (secondary N) is 2. The molecule has 4 rings (SSSR count). The molecule has 3 amide bonds. The van der Waals surface area contributed by atoms with Gasteiger partial charge in [-0.15, -0.1) is 11.3 Å². The van der Waals surface area contributed by atoms with Gasteiger partial charge in [0.2, 0.25) is 5.91 Å². The lowest BCUT2D eigenvalue weighted by molar-refractivity contribution is -0.115. The quantitative estimate of drug-likeness (QED) is 0.596. The van der Waals surface area contributed by atoms with Gasteiger partial charge in [-0.2, -0.15) is 0 Å². The Morgan fingerprint density at radius 1 is 1.06 bits per heavy atom. The van der Waals surface area contributed by atoms with E-state index in [1.165, 1.54) is 11.3 Å². The van der Waals surface area contributed by atoms with Crippen molar-refractivity contribution in [1.82, 2.24) is 14.9 Å². The van der Waals surface area contributed by atoms with E-state index in [-0.39, 0.29) is 18.4 Å². The molecule has 10 heteroatoms. The molecular weight excluding hydrogens is 428 g/mol. The number of pyridine rings is 1. The van der Waals surface area contributed by atoms with Gasteiger partial charge in [0.1, 0.15) is 11.6 Å². The zero-order chi connectivity index (χ0) is 22.3. The Morgan fingerprint density at radius 2 is 1.84 bits per heavy atom. The Bertz CT molecular complexity index is 1070. The number of hydrogen-bond donors (Lipinski definition) is 2. The molecule has 0 atom stereocenters. The van der Waals surface area contributed by atoms with Crippen molar-refractivity contribution in [3.63, 3.8) is 0 Å². The van der Waals surface area contributed by atoms with Crippen LogP contribution in [0.4, 0.5) is 21.4 Å². The molecule has 0 radical (unpaired) electrons. The van der Waals surface area contributed by atoms with Crippen molar-refractivity contribution >= 4 is 39.9 Å². The fourth-order valence-corrected chi connectivity index (χ4v) is 4.10. The maximum absolute atomic E-state index is 12.6. The molecule has 166 valence electrons. The van der Waals surface area contributed by atoms with Crippen LogP contribution < -0.4 is 20.3 Å². The van der Waals surface area contributed by atoms with E-state index >= 15 is 0 Å². The second-order valence-electron chi connectivity index (χ2n) is 7.16. The van der Waals surface area contributed by atoms with E-state index < -0.39 is 0 Å². The minimum atomic E-state index is -0.205. The van der Waals surface area contributed by atoms with Gasteiger partial charge in [0.05, 0.1) is 24.9 Å². The van der Waals surface area contributed by atoms with E-state index in [4.69, 9.17) is 4.74 Å². The molecule has 1 fully saturated rings. The summed E-state index contributed by atoms with van der Waals surface area (Å²) >= 11 is 1.30. The number of methoxy groups -OCH3 is 1. The summed E-state index contributed by atoms with van der Waals surface area (Å²) < 4.78 is 5.25. The number of amides is 3. The highest BCUT2D eigenvalue weighted by Gasteiger charge is 2.22. The second kappa shape index (κ2) is 10.1. The molecule has 0 saturated carbocycles. The number of carbonyl (C=O) groups is 2. The molecule has 9 nitrogen and oxygen atoms in total. The maximum Gasteiger partial charge on any atom is 0.323 e. The number of urea groups is 1. The standard InChI is InChI=1S/C22H24N6O3S/c1-31-18-7-3-2-6-17(18)25-20(29)14-16-15-32-21(24-16)26-22(30)28-12-10-27(11-13-28)19-8-4-5-9-23-19/h2-9,15H,10-14H2,1H3,(H,25,29)(H,24,26,30). The highest BCUT2D eigenvalue weighted by molar-refractivity contribution is 7.13. The first-order chi connectivity index (χ1) is 15.6. The van der Waals surface area contributed by atoms with Crippen LogP contribution in [0.25, 0.3) is 0 Å². The normalized spacial score (nSPS) is 13.5. The molecule has 0 bridgehead atoms. The number of hydrogen-bond acceptors (Lipinski definition) is 7. The molecule has 2 aromatic heterocycles. The molecular formula is C22H24N6O3S. The third-order valence-corrected chi connectivity index (χ3v) is 5.84. The molecule has 32 heavy (non-hydrogen) atoms. The second-order valence-corrected chi connectivity index (χ2v) is 8.02. The van der Waals surface area contributed by atoms with Crippen LogP contribution in [0.1, 0.15) is 5.69 Å². The highest BCUT2D eigenvalue weighted by Crippen LogP contribution is 2.24. The van der Waals surface area contributed by atoms with Gasteiger partial charge >= 0.3 is 6.03 Å². The number of benzene rings is 1. The average Bonchev–Trinajstić information content (AvgIpc) is 3.26. The van der Waals surface area contributed by atoms with Crippen LogP contribution >= 0.6 is 11.3 Å². The van der Waals surface area contributed by atoms with Crippen LogP contribution in [0.2, 0.25) is 0 Å². The van der Waals surface area contributed by atoms with Crippen LogP contribution in [-0.2, 0) is 11.2 Å². The summed E-state index contributed by atoms with van der Waals surface area (Å²) in [6.07, 6.45) is 1.87. The Kier molecular flexibility index (Phi) is 6.81. The first-order valence-electron chi connectivity index (χ1n) is 10.2. The van der Waals surface area contributed by atoms with Gasteiger partial charge < -0.3 is 19.9 Å². The van der Waals surface area contributed by atoms with Crippen LogP contribution in [0.5, 0.6) is 5.75 Å². The number of rotatable bonds is 6. The lowest BCUT2D eigenvalue weighted by Gasteiger charge is -2.35. The highest BCUT2D eigenvalue weighted by atomic mass is 32.1. The summed E-state index contributed by atoms with van der Waals surface area (Å²) in [5.74, 6) is 1.31. The van der Waals surface area contributed by atoms with Crippen LogP contribution in [0, 0.1) is 0 Å². The molecule has 0 spiro atoms. The van der Waals surface area contributed by atoms with Gasteiger partial charge in [-0.25, -0.2) is 14.8 Å². The van der Waals surface area contributed by atoms with Gasteiger partial charge in [-0.3, -0.25) is 10.1 Å². The van der Waals surface area contributed by atoms with Gasteiger partial charge in [-0.1, -0.05) is 18.2 Å². The minimum absolute atomic E-state index is 0.104. The fraction of sp³-hybridized carbons (Fsp3) is 0.273. The van der Waals surface area contributed by atoms with Crippen molar-refractivity contribution in [3.8, 4) is 5.75 Å². The number of ether oxygens (including phenoxy) is 1. The number of anilines is 3. The maximum atomic E-state index is 12.6. The Labute approximate surface area is 190 Å². The summed E-state index contributed by atoms with van der Waals surface area (Å²) in [6.45, 7) is 2.64. The monoisotopic (exact) mass is 452 g/mol. The SMILES string of the molecule is COc1ccccc1NC(=O)Cc1csc(NC(=O)N2CCN(c3ccccn3)CC2)n1. The third kappa shape index (κ3) is 5.33. The van der Waals surface area contributed by atoms with E-state index in [1.807, 2.05) is 30.3 Å². The number of piperazine rings is 1. The molecule has 1 saturated heterocycles. The molecule has 0 aliphatic carbocycles. The number of aromatic nitrogens is 2. The molecule has 1 aromatic carbocycles. The van der Waals surface area contributed by atoms with Crippen LogP contribution in [0.15, 0.2) is 54.0 Å². The molecule has 3 heterocycles. The third-order valence-electron chi connectivity index (χ3n) is 5.03. The predicted molar refractivity (Wildman–Crippen MR) is 124 cm³/mol. The summed E-state index contributed by atoms with van der Waals surface area (Å²) in [6, 6.07) is 12.8. The number of para-hydroxylation sites is 2. The smallest absolute Gasteiger partial charge is 0.323 e.